The average molecular weight is 198 g/mol. The topological polar surface area (TPSA) is 64.3 Å². The molecule has 1 aliphatic carbocycles. The number of hydrogen-bond donors (Lipinski definition) is 2. The van der Waals surface area contributed by atoms with Gasteiger partial charge in [-0.3, -0.25) is 4.79 Å². The Morgan fingerprint density at radius 1 is 1.36 bits per heavy atom. The molecule has 1 saturated carbocycles. The van der Waals surface area contributed by atoms with Gasteiger partial charge in [0.05, 0.1) is 0 Å². The monoisotopic (exact) mass is 198 g/mol. The van der Waals surface area contributed by atoms with Gasteiger partial charge in [0.25, 0.3) is 0 Å². The molecule has 4 heteroatoms. The van der Waals surface area contributed by atoms with Crippen LogP contribution in [0.2, 0.25) is 0 Å². The molecule has 0 radical (unpaired) electrons. The Morgan fingerprint density at radius 2 is 2.07 bits per heavy atom. The minimum absolute atomic E-state index is 0.107. The number of carbonyl (C=O) groups excluding carboxylic acids is 1. The largest absolute Gasteiger partial charge is 0.461 e. The lowest BCUT2D eigenvalue weighted by Gasteiger charge is -2.15. The summed E-state index contributed by atoms with van der Waals surface area (Å²) in [6, 6.07) is -0.0540. The number of nitrogens with two attached hydrogens (primary N) is 1. The Balaban J connectivity index is 1.77. The van der Waals surface area contributed by atoms with Crippen molar-refractivity contribution in [1.29, 1.82) is 0 Å². The van der Waals surface area contributed by atoms with E-state index < -0.39 is 0 Å². The van der Waals surface area contributed by atoms with Crippen LogP contribution < -0.4 is 11.1 Å². The summed E-state index contributed by atoms with van der Waals surface area (Å²) in [7, 11) is 0. The SMILES string of the molecule is NC1CNC(C(=O)OC2CCCC2)C1. The summed E-state index contributed by atoms with van der Waals surface area (Å²) in [5, 5.41) is 3.08. The van der Waals surface area contributed by atoms with E-state index in [0.29, 0.717) is 6.42 Å². The van der Waals surface area contributed by atoms with Gasteiger partial charge >= 0.3 is 5.97 Å². The molecule has 4 nitrogen and oxygen atoms in total. The Hall–Kier alpha value is -0.610. The van der Waals surface area contributed by atoms with Gasteiger partial charge in [-0.1, -0.05) is 0 Å². The lowest BCUT2D eigenvalue weighted by Crippen LogP contribution is -2.34. The summed E-state index contributed by atoms with van der Waals surface area (Å²) in [6.45, 7) is 0.727. The molecular weight excluding hydrogens is 180 g/mol. The summed E-state index contributed by atoms with van der Waals surface area (Å²) in [6.07, 6.45) is 5.33. The molecule has 2 atom stereocenters. The Labute approximate surface area is 84.2 Å². The van der Waals surface area contributed by atoms with Crippen LogP contribution >= 0.6 is 0 Å². The first-order valence-corrected chi connectivity index (χ1v) is 5.45. The van der Waals surface area contributed by atoms with E-state index in [2.05, 4.69) is 5.32 Å². The van der Waals surface area contributed by atoms with Crippen molar-refractivity contribution >= 4 is 5.97 Å². The van der Waals surface area contributed by atoms with Crippen molar-refractivity contribution in [3.63, 3.8) is 0 Å². The molecule has 0 amide bonds. The number of nitrogens with one attached hydrogen (secondary N) is 1. The molecule has 3 N–H and O–H groups in total. The number of carbonyl (C=O) groups is 1. The molecular formula is C10H18N2O2. The first kappa shape index (κ1) is 9.93. The lowest BCUT2D eigenvalue weighted by molar-refractivity contribution is -0.150. The van der Waals surface area contributed by atoms with Crippen molar-refractivity contribution in [3.05, 3.63) is 0 Å². The van der Waals surface area contributed by atoms with Gasteiger partial charge in [0.2, 0.25) is 0 Å². The van der Waals surface area contributed by atoms with Crippen molar-refractivity contribution in [3.8, 4) is 0 Å². The van der Waals surface area contributed by atoms with Crippen LogP contribution in [0.4, 0.5) is 0 Å². The number of hydrogen-bond acceptors (Lipinski definition) is 4. The van der Waals surface area contributed by atoms with Crippen molar-refractivity contribution in [2.45, 2.75) is 50.3 Å². The van der Waals surface area contributed by atoms with Crippen LogP contribution in [-0.2, 0) is 9.53 Å². The predicted molar refractivity (Wildman–Crippen MR) is 52.7 cm³/mol. The van der Waals surface area contributed by atoms with Crippen LogP contribution in [0.5, 0.6) is 0 Å². The van der Waals surface area contributed by atoms with E-state index in [1.807, 2.05) is 0 Å². The van der Waals surface area contributed by atoms with Crippen LogP contribution in [0.25, 0.3) is 0 Å². The van der Waals surface area contributed by atoms with Crippen LogP contribution in [-0.4, -0.2) is 30.7 Å². The summed E-state index contributed by atoms with van der Waals surface area (Å²) < 4.78 is 5.39. The van der Waals surface area contributed by atoms with E-state index in [-0.39, 0.29) is 24.2 Å². The molecule has 2 aliphatic rings. The molecule has 1 aliphatic heterocycles. The Morgan fingerprint density at radius 3 is 2.64 bits per heavy atom. The van der Waals surface area contributed by atoms with Gasteiger partial charge in [0, 0.05) is 12.6 Å². The van der Waals surface area contributed by atoms with Crippen LogP contribution in [0.1, 0.15) is 32.1 Å². The second kappa shape index (κ2) is 4.28. The molecule has 2 fully saturated rings. The zero-order valence-electron chi connectivity index (χ0n) is 8.37. The number of esters is 1. The van der Waals surface area contributed by atoms with E-state index in [4.69, 9.17) is 10.5 Å². The third-order valence-electron chi connectivity index (χ3n) is 3.03. The lowest BCUT2D eigenvalue weighted by atomic mass is 10.2. The third kappa shape index (κ3) is 2.25. The second-order valence-corrected chi connectivity index (χ2v) is 4.30. The van der Waals surface area contributed by atoms with Crippen LogP contribution in [0.3, 0.4) is 0 Å². The second-order valence-electron chi connectivity index (χ2n) is 4.30. The van der Waals surface area contributed by atoms with E-state index in [1.165, 1.54) is 12.8 Å². The van der Waals surface area contributed by atoms with E-state index in [9.17, 15) is 4.79 Å². The quantitative estimate of drug-likeness (QED) is 0.620. The maximum absolute atomic E-state index is 11.6. The number of ether oxygens (including phenoxy) is 1. The van der Waals surface area contributed by atoms with Gasteiger partial charge < -0.3 is 15.8 Å². The standard InChI is InChI=1S/C10H18N2O2/c11-7-5-9(12-6-7)10(13)14-8-3-1-2-4-8/h7-9,12H,1-6,11H2. The summed E-state index contributed by atoms with van der Waals surface area (Å²) in [5.74, 6) is -0.107. The Kier molecular flexibility index (Phi) is 3.03. The van der Waals surface area contributed by atoms with Crippen molar-refractivity contribution in [2.75, 3.05) is 6.54 Å². The summed E-state index contributed by atoms with van der Waals surface area (Å²) >= 11 is 0. The van der Waals surface area contributed by atoms with Gasteiger partial charge in [-0.15, -0.1) is 0 Å². The van der Waals surface area contributed by atoms with E-state index in [0.717, 1.165) is 19.4 Å². The van der Waals surface area contributed by atoms with Crippen molar-refractivity contribution < 1.29 is 9.53 Å². The highest BCUT2D eigenvalue weighted by Crippen LogP contribution is 2.22. The summed E-state index contributed by atoms with van der Waals surface area (Å²) in [5.41, 5.74) is 5.70. The molecule has 0 bridgehead atoms. The molecule has 2 unspecified atom stereocenters. The fourth-order valence-corrected chi connectivity index (χ4v) is 2.20. The molecule has 0 aromatic carbocycles. The maximum atomic E-state index is 11.6. The summed E-state index contributed by atoms with van der Waals surface area (Å²) in [4.78, 5) is 11.6. The van der Waals surface area contributed by atoms with Gasteiger partial charge in [-0.25, -0.2) is 0 Å². The maximum Gasteiger partial charge on any atom is 0.323 e. The highest BCUT2D eigenvalue weighted by molar-refractivity contribution is 5.76. The first-order valence-electron chi connectivity index (χ1n) is 5.45. The highest BCUT2D eigenvalue weighted by Gasteiger charge is 2.30. The van der Waals surface area contributed by atoms with Gasteiger partial charge in [-0.2, -0.15) is 0 Å². The third-order valence-corrected chi connectivity index (χ3v) is 3.03. The molecule has 0 aromatic heterocycles. The normalized spacial score (nSPS) is 33.5. The van der Waals surface area contributed by atoms with E-state index in [1.54, 1.807) is 0 Å². The van der Waals surface area contributed by atoms with Crippen molar-refractivity contribution in [1.82, 2.24) is 5.32 Å². The molecule has 0 spiro atoms. The predicted octanol–water partition coefficient (Wildman–Crippen LogP) is 0.161. The van der Waals surface area contributed by atoms with Crippen LogP contribution in [0, 0.1) is 0 Å². The molecule has 0 aromatic rings. The zero-order chi connectivity index (χ0) is 9.97. The molecule has 1 saturated heterocycles. The van der Waals surface area contributed by atoms with Gasteiger partial charge in [0.1, 0.15) is 12.1 Å². The zero-order valence-corrected chi connectivity index (χ0v) is 8.37. The number of rotatable bonds is 2. The van der Waals surface area contributed by atoms with Crippen LogP contribution in [0.15, 0.2) is 0 Å². The molecule has 14 heavy (non-hydrogen) atoms. The molecule has 80 valence electrons. The fraction of sp³-hybridized carbons (Fsp3) is 0.900. The van der Waals surface area contributed by atoms with E-state index >= 15 is 0 Å². The smallest absolute Gasteiger partial charge is 0.323 e. The highest BCUT2D eigenvalue weighted by atomic mass is 16.5. The van der Waals surface area contributed by atoms with Gasteiger partial charge in [-0.05, 0) is 32.1 Å². The first-order chi connectivity index (χ1) is 6.75. The van der Waals surface area contributed by atoms with Crippen molar-refractivity contribution in [2.24, 2.45) is 5.73 Å². The molecule has 1 heterocycles. The fourth-order valence-electron chi connectivity index (χ4n) is 2.20. The van der Waals surface area contributed by atoms with Gasteiger partial charge in [0.15, 0.2) is 0 Å². The minimum Gasteiger partial charge on any atom is -0.461 e. The Bertz CT molecular complexity index is 214. The molecule has 2 rings (SSSR count). The minimum atomic E-state index is -0.161. The average Bonchev–Trinajstić information content (AvgIpc) is 2.75.